The second kappa shape index (κ2) is 7.76. The summed E-state index contributed by atoms with van der Waals surface area (Å²) in [5, 5.41) is 5.83. The van der Waals surface area contributed by atoms with Gasteiger partial charge in [0.25, 0.3) is 5.91 Å². The number of carbonyl (C=O) groups excluding carboxylic acids is 1. The Labute approximate surface area is 157 Å². The van der Waals surface area contributed by atoms with E-state index in [-0.39, 0.29) is 17.0 Å². The average molecular weight is 386 g/mol. The summed E-state index contributed by atoms with van der Waals surface area (Å²) >= 11 is 0. The SMILES string of the molecule is COc1c(CC2C(=O)N(c3ccccc3)N=C2C)ccc(P(=O)=O)c1OC. The lowest BCUT2D eigenvalue weighted by atomic mass is 9.94. The van der Waals surface area contributed by atoms with Crippen molar-refractivity contribution >= 4 is 30.3 Å². The van der Waals surface area contributed by atoms with E-state index in [0.29, 0.717) is 29.1 Å². The maximum Gasteiger partial charge on any atom is 0.352 e. The number of hydrogen-bond acceptors (Lipinski definition) is 6. The number of amides is 1. The third-order valence-corrected chi connectivity index (χ3v) is 5.22. The number of methoxy groups -OCH3 is 2. The first-order valence-corrected chi connectivity index (χ1v) is 9.48. The zero-order chi connectivity index (χ0) is 19.6. The quantitative estimate of drug-likeness (QED) is 0.713. The molecule has 0 radical (unpaired) electrons. The van der Waals surface area contributed by atoms with Crippen molar-refractivity contribution in [2.75, 3.05) is 19.2 Å². The standard InChI is InChI=1S/C19H19N2O5P/c1-12-15(19(22)21(20-12)14-7-5-4-6-8-14)11-13-9-10-16(27(23)24)18(26-3)17(13)25-2/h4-10,15H,11H2,1-3H3. The van der Waals surface area contributed by atoms with Crippen LogP contribution < -0.4 is 19.8 Å². The van der Waals surface area contributed by atoms with E-state index in [2.05, 4.69) is 5.10 Å². The van der Waals surface area contributed by atoms with Gasteiger partial charge in [0.15, 0.2) is 11.5 Å². The van der Waals surface area contributed by atoms with E-state index in [1.54, 1.807) is 13.0 Å². The predicted molar refractivity (Wildman–Crippen MR) is 102 cm³/mol. The van der Waals surface area contributed by atoms with Gasteiger partial charge in [-0.2, -0.15) is 5.10 Å². The molecule has 0 aliphatic carbocycles. The lowest BCUT2D eigenvalue weighted by Gasteiger charge is -2.17. The molecule has 1 amide bonds. The van der Waals surface area contributed by atoms with Gasteiger partial charge >= 0.3 is 7.68 Å². The van der Waals surface area contributed by atoms with Crippen LogP contribution in [0.2, 0.25) is 0 Å². The van der Waals surface area contributed by atoms with Crippen molar-refractivity contribution in [3.63, 3.8) is 0 Å². The Morgan fingerprint density at radius 3 is 2.30 bits per heavy atom. The highest BCUT2D eigenvalue weighted by atomic mass is 31.1. The molecule has 27 heavy (non-hydrogen) atoms. The van der Waals surface area contributed by atoms with Crippen LogP contribution in [0, 0.1) is 5.92 Å². The van der Waals surface area contributed by atoms with Crippen LogP contribution in [0.25, 0.3) is 0 Å². The van der Waals surface area contributed by atoms with E-state index in [1.165, 1.54) is 25.3 Å². The molecule has 3 rings (SSSR count). The van der Waals surface area contributed by atoms with Crippen molar-refractivity contribution in [3.8, 4) is 11.5 Å². The summed E-state index contributed by atoms with van der Waals surface area (Å²) < 4.78 is 33.5. The van der Waals surface area contributed by atoms with Crippen LogP contribution in [0.3, 0.4) is 0 Å². The third-order valence-electron chi connectivity index (χ3n) is 4.47. The summed E-state index contributed by atoms with van der Waals surface area (Å²) in [5.74, 6) is -0.145. The van der Waals surface area contributed by atoms with Crippen LogP contribution >= 0.6 is 7.68 Å². The van der Waals surface area contributed by atoms with Gasteiger partial charge in [0, 0.05) is 5.71 Å². The summed E-state index contributed by atoms with van der Waals surface area (Å²) in [6, 6.07) is 12.3. The fourth-order valence-electron chi connectivity index (χ4n) is 3.13. The summed E-state index contributed by atoms with van der Waals surface area (Å²) in [5.41, 5.74) is 2.06. The molecule has 0 fully saturated rings. The van der Waals surface area contributed by atoms with Crippen molar-refractivity contribution in [3.05, 3.63) is 48.0 Å². The molecule has 0 N–H and O–H groups in total. The number of rotatable bonds is 6. The number of para-hydroxylation sites is 1. The first-order valence-electron chi connectivity index (χ1n) is 8.30. The minimum atomic E-state index is -2.83. The van der Waals surface area contributed by atoms with E-state index in [0.717, 1.165) is 0 Å². The summed E-state index contributed by atoms with van der Waals surface area (Å²) in [7, 11) is -0.00616. The molecule has 0 saturated carbocycles. The fraction of sp³-hybridized carbons (Fsp3) is 0.263. The molecule has 140 valence electrons. The monoisotopic (exact) mass is 386 g/mol. The molecule has 1 heterocycles. The molecule has 1 atom stereocenters. The number of anilines is 1. The molecule has 0 bridgehead atoms. The Balaban J connectivity index is 1.94. The van der Waals surface area contributed by atoms with Crippen molar-refractivity contribution in [1.82, 2.24) is 0 Å². The van der Waals surface area contributed by atoms with Gasteiger partial charge < -0.3 is 9.47 Å². The summed E-state index contributed by atoms with van der Waals surface area (Å²) in [6.45, 7) is 1.80. The zero-order valence-corrected chi connectivity index (χ0v) is 16.1. The highest BCUT2D eigenvalue weighted by Crippen LogP contribution is 2.35. The Kier molecular flexibility index (Phi) is 5.42. The number of nitrogens with zero attached hydrogens (tertiary/aromatic N) is 2. The second-order valence-corrected chi connectivity index (χ2v) is 7.05. The Morgan fingerprint density at radius 2 is 1.70 bits per heavy atom. The molecule has 0 saturated heterocycles. The molecule has 1 aliphatic heterocycles. The maximum atomic E-state index is 12.9. The molecule has 7 nitrogen and oxygen atoms in total. The van der Waals surface area contributed by atoms with Crippen molar-refractivity contribution in [2.24, 2.45) is 11.0 Å². The van der Waals surface area contributed by atoms with Gasteiger partial charge in [-0.05, 0) is 37.1 Å². The average Bonchev–Trinajstić information content (AvgIpc) is 2.96. The van der Waals surface area contributed by atoms with E-state index >= 15 is 0 Å². The summed E-state index contributed by atoms with van der Waals surface area (Å²) in [6.07, 6.45) is 0.326. The van der Waals surface area contributed by atoms with Crippen molar-refractivity contribution < 1.29 is 23.4 Å². The first kappa shape index (κ1) is 18.9. The van der Waals surface area contributed by atoms with Gasteiger partial charge in [-0.1, -0.05) is 24.3 Å². The molecule has 2 aromatic rings. The van der Waals surface area contributed by atoms with E-state index in [9.17, 15) is 13.9 Å². The third kappa shape index (κ3) is 3.51. The molecule has 1 aliphatic rings. The molecule has 1 unspecified atom stereocenters. The Bertz CT molecular complexity index is 962. The maximum absolute atomic E-state index is 12.9. The first-order chi connectivity index (χ1) is 13.0. The molecular weight excluding hydrogens is 367 g/mol. The van der Waals surface area contributed by atoms with Crippen LogP contribution in [0.5, 0.6) is 11.5 Å². The molecule has 8 heteroatoms. The van der Waals surface area contributed by atoms with Crippen LogP contribution in [0.15, 0.2) is 47.6 Å². The van der Waals surface area contributed by atoms with Gasteiger partial charge in [0.1, 0.15) is 5.30 Å². The van der Waals surface area contributed by atoms with Crippen molar-refractivity contribution in [1.29, 1.82) is 0 Å². The minimum absolute atomic E-state index is 0.0437. The smallest absolute Gasteiger partial charge is 0.352 e. The van der Waals surface area contributed by atoms with Gasteiger partial charge in [-0.3, -0.25) is 4.79 Å². The number of hydrogen-bond donors (Lipinski definition) is 0. The highest BCUT2D eigenvalue weighted by molar-refractivity contribution is 7.41. The zero-order valence-electron chi connectivity index (χ0n) is 15.2. The predicted octanol–water partition coefficient (Wildman–Crippen LogP) is 3.08. The van der Waals surface area contributed by atoms with Crippen molar-refractivity contribution in [2.45, 2.75) is 13.3 Å². The lowest BCUT2D eigenvalue weighted by Crippen LogP contribution is -2.28. The van der Waals surface area contributed by atoms with Gasteiger partial charge in [-0.15, -0.1) is 0 Å². The number of ether oxygens (including phenoxy) is 2. The van der Waals surface area contributed by atoms with Crippen LogP contribution in [-0.4, -0.2) is 25.8 Å². The van der Waals surface area contributed by atoms with Gasteiger partial charge in [0.2, 0.25) is 0 Å². The fourth-order valence-corrected chi connectivity index (χ4v) is 3.69. The van der Waals surface area contributed by atoms with Crippen LogP contribution in [-0.2, 0) is 20.3 Å². The molecular formula is C19H19N2O5P. The van der Waals surface area contributed by atoms with Gasteiger partial charge in [-0.25, -0.2) is 14.1 Å². The van der Waals surface area contributed by atoms with E-state index in [1.807, 2.05) is 30.3 Å². The van der Waals surface area contributed by atoms with Gasteiger partial charge in [0.05, 0.1) is 25.8 Å². The number of hydrazone groups is 1. The molecule has 2 aromatic carbocycles. The van der Waals surface area contributed by atoms with E-state index < -0.39 is 13.6 Å². The highest BCUT2D eigenvalue weighted by Gasteiger charge is 2.35. The Morgan fingerprint density at radius 1 is 1.04 bits per heavy atom. The number of benzene rings is 2. The Hall–Kier alpha value is -2.92. The lowest BCUT2D eigenvalue weighted by molar-refractivity contribution is -0.119. The normalized spacial score (nSPS) is 16.3. The van der Waals surface area contributed by atoms with Crippen LogP contribution in [0.4, 0.5) is 5.69 Å². The molecule has 0 aromatic heterocycles. The van der Waals surface area contributed by atoms with Crippen LogP contribution in [0.1, 0.15) is 12.5 Å². The van der Waals surface area contributed by atoms with E-state index in [4.69, 9.17) is 9.47 Å². The second-order valence-electron chi connectivity index (χ2n) is 6.05. The number of carbonyl (C=O) groups is 1. The largest absolute Gasteiger partial charge is 0.493 e. The minimum Gasteiger partial charge on any atom is -0.493 e. The topological polar surface area (TPSA) is 85.3 Å². The summed E-state index contributed by atoms with van der Waals surface area (Å²) in [4.78, 5) is 12.9. The molecule has 0 spiro atoms.